The molecule has 0 bridgehead atoms. The van der Waals surface area contributed by atoms with E-state index in [1.165, 1.54) is 0 Å². The van der Waals surface area contributed by atoms with E-state index < -0.39 is 0 Å². The Morgan fingerprint density at radius 3 is 2.62 bits per heavy atom. The van der Waals surface area contributed by atoms with Gasteiger partial charge in [-0.05, 0) is 40.1 Å². The first-order valence-electron chi connectivity index (χ1n) is 7.67. The second kappa shape index (κ2) is 5.98. The molecule has 2 heterocycles. The van der Waals surface area contributed by atoms with Gasteiger partial charge < -0.3 is 10.1 Å². The molecule has 0 aliphatic carbocycles. The monoisotopic (exact) mass is 333 g/mol. The van der Waals surface area contributed by atoms with Crippen molar-refractivity contribution in [2.75, 3.05) is 0 Å². The third-order valence-electron chi connectivity index (χ3n) is 4.13. The molecule has 3 nitrogen and oxygen atoms in total. The Morgan fingerprint density at radius 2 is 1.88 bits per heavy atom. The van der Waals surface area contributed by atoms with Crippen LogP contribution in [0.15, 0.2) is 70.2 Å². The van der Waals surface area contributed by atoms with Gasteiger partial charge in [-0.25, -0.2) is 0 Å². The number of nitrogens with one attached hydrogen (secondary N) is 1. The molecule has 0 amide bonds. The number of fused-ring (bicyclic) bond motifs is 1. The van der Waals surface area contributed by atoms with Crippen LogP contribution in [0.5, 0.6) is 5.75 Å². The molecule has 0 spiro atoms. The lowest BCUT2D eigenvalue weighted by molar-refractivity contribution is 0.476. The zero-order valence-corrected chi connectivity index (χ0v) is 13.6. The van der Waals surface area contributed by atoms with Gasteiger partial charge in [0, 0.05) is 29.0 Å². The smallest absolute Gasteiger partial charge is 0.252 e. The predicted molar refractivity (Wildman–Crippen MR) is 98.8 cm³/mol. The summed E-state index contributed by atoms with van der Waals surface area (Å²) in [6.45, 7) is 0. The van der Waals surface area contributed by atoms with Crippen molar-refractivity contribution in [3.05, 3.63) is 86.8 Å². The Balaban J connectivity index is 2.01. The minimum absolute atomic E-state index is 0.113. The van der Waals surface area contributed by atoms with Gasteiger partial charge in [0.1, 0.15) is 5.75 Å². The van der Waals surface area contributed by atoms with Gasteiger partial charge in [-0.3, -0.25) is 4.79 Å². The number of thiophene rings is 1. The van der Waals surface area contributed by atoms with Crippen molar-refractivity contribution < 1.29 is 5.11 Å². The first-order chi connectivity index (χ1) is 11.7. The molecule has 0 unspecified atom stereocenters. The number of phenolic OH excluding ortho intramolecular Hbond substituents is 1. The molecule has 24 heavy (non-hydrogen) atoms. The van der Waals surface area contributed by atoms with Crippen molar-refractivity contribution in [2.45, 2.75) is 6.42 Å². The summed E-state index contributed by atoms with van der Waals surface area (Å²) in [5.74, 6) is 0.144. The number of aromatic nitrogens is 1. The maximum absolute atomic E-state index is 12.7. The number of hydrogen-bond donors (Lipinski definition) is 2. The molecule has 0 atom stereocenters. The van der Waals surface area contributed by atoms with Crippen molar-refractivity contribution in [1.29, 1.82) is 0 Å². The van der Waals surface area contributed by atoms with E-state index >= 15 is 0 Å². The molecular weight excluding hydrogens is 318 g/mol. The van der Waals surface area contributed by atoms with Crippen LogP contribution in [0.3, 0.4) is 0 Å². The summed E-state index contributed by atoms with van der Waals surface area (Å²) in [4.78, 5) is 15.6. The highest BCUT2D eigenvalue weighted by molar-refractivity contribution is 7.08. The summed E-state index contributed by atoms with van der Waals surface area (Å²) in [5, 5.41) is 14.7. The van der Waals surface area contributed by atoms with Crippen LogP contribution in [0.4, 0.5) is 0 Å². The van der Waals surface area contributed by atoms with Gasteiger partial charge in [0.2, 0.25) is 0 Å². The first-order valence-corrected chi connectivity index (χ1v) is 8.61. The molecule has 2 N–H and O–H groups in total. The molecule has 0 saturated heterocycles. The lowest BCUT2D eigenvalue weighted by Crippen LogP contribution is -2.15. The highest BCUT2D eigenvalue weighted by Gasteiger charge is 2.15. The standard InChI is InChI=1S/C20H15NO2S/c22-15-6-7-16-18(11-15)21-20(23)17(10-13-4-2-1-3-5-13)19(16)14-8-9-24-12-14/h1-9,11-12,22H,10H2,(H,21,23). The average molecular weight is 333 g/mol. The Kier molecular flexibility index (Phi) is 3.67. The first kappa shape index (κ1) is 14.7. The molecule has 0 fully saturated rings. The Morgan fingerprint density at radius 1 is 1.04 bits per heavy atom. The van der Waals surface area contributed by atoms with Crippen LogP contribution in [0.2, 0.25) is 0 Å². The van der Waals surface area contributed by atoms with Crippen LogP contribution < -0.4 is 5.56 Å². The zero-order valence-electron chi connectivity index (χ0n) is 12.8. The largest absolute Gasteiger partial charge is 0.508 e. The molecule has 0 radical (unpaired) electrons. The molecule has 0 aliphatic rings. The second-order valence-corrected chi connectivity index (χ2v) is 6.49. The minimum Gasteiger partial charge on any atom is -0.508 e. The van der Waals surface area contributed by atoms with Crippen molar-refractivity contribution in [3.8, 4) is 16.9 Å². The lowest BCUT2D eigenvalue weighted by atomic mass is 9.94. The second-order valence-electron chi connectivity index (χ2n) is 5.71. The van der Waals surface area contributed by atoms with Crippen molar-refractivity contribution in [2.24, 2.45) is 0 Å². The van der Waals surface area contributed by atoms with E-state index in [0.717, 1.165) is 27.6 Å². The molecule has 118 valence electrons. The van der Waals surface area contributed by atoms with Gasteiger partial charge in [-0.2, -0.15) is 11.3 Å². The summed E-state index contributed by atoms with van der Waals surface area (Å²) >= 11 is 1.61. The fourth-order valence-electron chi connectivity index (χ4n) is 3.03. The number of phenols is 1. The number of aromatic hydroxyl groups is 1. The number of rotatable bonds is 3. The summed E-state index contributed by atoms with van der Waals surface area (Å²) in [6.07, 6.45) is 0.568. The molecule has 2 aromatic heterocycles. The predicted octanol–water partition coefficient (Wildman–Crippen LogP) is 4.55. The number of H-pyrrole nitrogens is 1. The van der Waals surface area contributed by atoms with Gasteiger partial charge in [0.05, 0.1) is 5.52 Å². The summed E-state index contributed by atoms with van der Waals surface area (Å²) < 4.78 is 0. The van der Waals surface area contributed by atoms with Crippen molar-refractivity contribution in [1.82, 2.24) is 4.98 Å². The molecule has 0 saturated carbocycles. The molecule has 4 heteroatoms. The molecule has 4 aromatic rings. The highest BCUT2D eigenvalue weighted by atomic mass is 32.1. The van der Waals surface area contributed by atoms with E-state index in [-0.39, 0.29) is 11.3 Å². The van der Waals surface area contributed by atoms with E-state index in [4.69, 9.17) is 0 Å². The van der Waals surface area contributed by atoms with E-state index in [1.54, 1.807) is 23.5 Å². The van der Waals surface area contributed by atoms with Gasteiger partial charge in [-0.1, -0.05) is 30.3 Å². The van der Waals surface area contributed by atoms with E-state index in [9.17, 15) is 9.90 Å². The van der Waals surface area contributed by atoms with Gasteiger partial charge in [-0.15, -0.1) is 0 Å². The molecule has 4 rings (SSSR count). The summed E-state index contributed by atoms with van der Waals surface area (Å²) in [6, 6.07) is 17.1. The zero-order chi connectivity index (χ0) is 16.5. The fourth-order valence-corrected chi connectivity index (χ4v) is 3.68. The van der Waals surface area contributed by atoms with E-state index in [1.807, 2.05) is 47.8 Å². The van der Waals surface area contributed by atoms with Crippen molar-refractivity contribution >= 4 is 22.2 Å². The highest BCUT2D eigenvalue weighted by Crippen LogP contribution is 2.33. The quantitative estimate of drug-likeness (QED) is 0.578. The third kappa shape index (κ3) is 2.61. The molecule has 0 aliphatic heterocycles. The SMILES string of the molecule is O=c1[nH]c2cc(O)ccc2c(-c2ccsc2)c1Cc1ccccc1. The van der Waals surface area contributed by atoms with E-state index in [0.29, 0.717) is 11.9 Å². The normalized spacial score (nSPS) is 11.0. The fraction of sp³-hybridized carbons (Fsp3) is 0.0500. The van der Waals surface area contributed by atoms with Crippen LogP contribution in [0.25, 0.3) is 22.0 Å². The van der Waals surface area contributed by atoms with Crippen LogP contribution >= 0.6 is 11.3 Å². The maximum Gasteiger partial charge on any atom is 0.252 e. The van der Waals surface area contributed by atoms with E-state index in [2.05, 4.69) is 10.4 Å². The topological polar surface area (TPSA) is 53.1 Å². The Bertz CT molecular complexity index is 1050. The van der Waals surface area contributed by atoms with Crippen molar-refractivity contribution in [3.63, 3.8) is 0 Å². The Hall–Kier alpha value is -2.85. The summed E-state index contributed by atoms with van der Waals surface area (Å²) in [7, 11) is 0. The molecule has 2 aromatic carbocycles. The van der Waals surface area contributed by atoms with Crippen LogP contribution in [0.1, 0.15) is 11.1 Å². The maximum atomic E-state index is 12.7. The minimum atomic E-state index is -0.113. The average Bonchev–Trinajstić information content (AvgIpc) is 3.10. The van der Waals surface area contributed by atoms with Gasteiger partial charge >= 0.3 is 0 Å². The van der Waals surface area contributed by atoms with Crippen LogP contribution in [-0.2, 0) is 6.42 Å². The number of benzene rings is 2. The van der Waals surface area contributed by atoms with Gasteiger partial charge in [0.15, 0.2) is 0 Å². The number of pyridine rings is 1. The van der Waals surface area contributed by atoms with Gasteiger partial charge in [0.25, 0.3) is 5.56 Å². The summed E-state index contributed by atoms with van der Waals surface area (Å²) in [5.41, 5.74) is 4.36. The van der Waals surface area contributed by atoms with Crippen LogP contribution in [0, 0.1) is 0 Å². The molecular formula is C20H15NO2S. The number of hydrogen-bond acceptors (Lipinski definition) is 3. The lowest BCUT2D eigenvalue weighted by Gasteiger charge is -2.12. The third-order valence-corrected chi connectivity index (χ3v) is 4.81. The number of aromatic amines is 1. The Labute approximate surface area is 142 Å². The van der Waals surface area contributed by atoms with Crippen LogP contribution in [-0.4, -0.2) is 10.1 Å².